The number of halogens is 3. The molecule has 0 saturated carbocycles. The molecule has 0 bridgehead atoms. The topological polar surface area (TPSA) is 108 Å². The molecule has 1 aromatic heterocycles. The number of nitrogens with zero attached hydrogens (tertiary/aromatic N) is 4. The lowest BCUT2D eigenvalue weighted by molar-refractivity contribution is -0.138. The van der Waals surface area contributed by atoms with Crippen LogP contribution in [0.15, 0.2) is 36.4 Å². The van der Waals surface area contributed by atoms with Gasteiger partial charge in [-0.2, -0.15) is 13.2 Å². The third kappa shape index (κ3) is 6.81. The summed E-state index contributed by atoms with van der Waals surface area (Å²) >= 11 is 0. The van der Waals surface area contributed by atoms with Crippen LogP contribution in [0, 0.1) is 5.41 Å². The van der Waals surface area contributed by atoms with Crippen LogP contribution in [-0.2, 0) is 6.18 Å². The number of carbonyl (C=O) groups excluding carboxylic acids is 2. The number of aliphatic hydroxyl groups excluding tert-OH is 1. The van der Waals surface area contributed by atoms with Crippen LogP contribution in [0.4, 0.5) is 23.8 Å². The van der Waals surface area contributed by atoms with E-state index in [4.69, 9.17) is 4.74 Å². The lowest BCUT2D eigenvalue weighted by Crippen LogP contribution is -2.49. The highest BCUT2D eigenvalue weighted by Gasteiger charge is 2.36. The lowest BCUT2D eigenvalue weighted by Gasteiger charge is -2.35. The number of ether oxygens (including phenoxy) is 1. The standard InChI is InChI=1S/C23H28F3N5O4/c1-22(2,3)17(32)14-27-21(34)35-19-9-8-18(28-29-19)30-10-12-31(13-11-30)20(33)15-6-4-5-7-16(15)23(24,25)26/h4-9,17,32H,10-14H2,1-3H3,(H,27,34). The number of alkyl halides is 3. The number of piperazine rings is 1. The molecule has 0 aliphatic carbocycles. The molecule has 2 amide bonds. The van der Waals surface area contributed by atoms with Crippen molar-refractivity contribution in [3.63, 3.8) is 0 Å². The number of aliphatic hydroxyl groups is 1. The number of aromatic nitrogens is 2. The zero-order valence-corrected chi connectivity index (χ0v) is 19.7. The molecule has 1 unspecified atom stereocenters. The number of hydrogen-bond donors (Lipinski definition) is 2. The molecule has 1 aliphatic rings. The monoisotopic (exact) mass is 495 g/mol. The Balaban J connectivity index is 1.53. The van der Waals surface area contributed by atoms with Gasteiger partial charge in [0.05, 0.1) is 17.2 Å². The molecule has 2 aromatic rings. The van der Waals surface area contributed by atoms with Gasteiger partial charge in [-0.25, -0.2) is 4.79 Å². The van der Waals surface area contributed by atoms with E-state index in [1.807, 2.05) is 25.7 Å². The predicted molar refractivity (Wildman–Crippen MR) is 121 cm³/mol. The first-order valence-corrected chi connectivity index (χ1v) is 11.0. The van der Waals surface area contributed by atoms with E-state index in [1.165, 1.54) is 29.2 Å². The second-order valence-corrected chi connectivity index (χ2v) is 9.20. The van der Waals surface area contributed by atoms with E-state index in [0.717, 1.165) is 6.07 Å². The fraction of sp³-hybridized carbons (Fsp3) is 0.478. The minimum atomic E-state index is -4.61. The molecule has 1 saturated heterocycles. The van der Waals surface area contributed by atoms with Crippen molar-refractivity contribution in [2.45, 2.75) is 33.1 Å². The first-order chi connectivity index (χ1) is 16.4. The van der Waals surface area contributed by atoms with Gasteiger partial charge in [-0.05, 0) is 23.6 Å². The highest BCUT2D eigenvalue weighted by Crippen LogP contribution is 2.32. The minimum Gasteiger partial charge on any atom is -0.391 e. The SMILES string of the molecule is CC(C)(C)C(O)CNC(=O)Oc1ccc(N2CCN(C(=O)c3ccccc3C(F)(F)F)CC2)nn1. The van der Waals surface area contributed by atoms with Crippen LogP contribution in [0.5, 0.6) is 5.88 Å². The number of hydrogen-bond acceptors (Lipinski definition) is 7. The normalized spacial score (nSPS) is 15.5. The van der Waals surface area contributed by atoms with Crippen LogP contribution < -0.4 is 15.0 Å². The maximum atomic E-state index is 13.3. The maximum absolute atomic E-state index is 13.3. The molecule has 2 heterocycles. The number of rotatable bonds is 5. The van der Waals surface area contributed by atoms with Gasteiger partial charge in [0, 0.05) is 38.8 Å². The molecule has 0 radical (unpaired) electrons. The van der Waals surface area contributed by atoms with Gasteiger partial charge in [0.25, 0.3) is 5.91 Å². The minimum absolute atomic E-state index is 0.0181. The molecule has 9 nitrogen and oxygen atoms in total. The van der Waals surface area contributed by atoms with Gasteiger partial charge in [-0.3, -0.25) is 4.79 Å². The Hall–Kier alpha value is -3.41. The maximum Gasteiger partial charge on any atom is 0.417 e. The van der Waals surface area contributed by atoms with Crippen molar-refractivity contribution >= 4 is 17.8 Å². The van der Waals surface area contributed by atoms with Gasteiger partial charge in [0.15, 0.2) is 5.82 Å². The van der Waals surface area contributed by atoms with Crippen LogP contribution in [0.25, 0.3) is 0 Å². The molecule has 1 aliphatic heterocycles. The van der Waals surface area contributed by atoms with E-state index >= 15 is 0 Å². The van der Waals surface area contributed by atoms with Crippen molar-refractivity contribution in [3.8, 4) is 5.88 Å². The van der Waals surface area contributed by atoms with Crippen molar-refractivity contribution in [1.29, 1.82) is 0 Å². The first-order valence-electron chi connectivity index (χ1n) is 11.0. The molecule has 0 spiro atoms. The highest BCUT2D eigenvalue weighted by atomic mass is 19.4. The number of carbonyl (C=O) groups is 2. The third-order valence-electron chi connectivity index (χ3n) is 5.62. The van der Waals surface area contributed by atoms with Crippen molar-refractivity contribution in [1.82, 2.24) is 20.4 Å². The van der Waals surface area contributed by atoms with Crippen LogP contribution in [0.3, 0.4) is 0 Å². The number of benzene rings is 1. The molecule has 1 aromatic carbocycles. The van der Waals surface area contributed by atoms with Gasteiger partial charge in [0.1, 0.15) is 0 Å². The summed E-state index contributed by atoms with van der Waals surface area (Å²) in [4.78, 5) is 27.8. The lowest BCUT2D eigenvalue weighted by atomic mass is 9.89. The summed E-state index contributed by atoms with van der Waals surface area (Å²) in [5.74, 6) is -0.229. The summed E-state index contributed by atoms with van der Waals surface area (Å²) in [6.45, 7) is 6.65. The summed E-state index contributed by atoms with van der Waals surface area (Å²) < 4.78 is 44.8. The van der Waals surface area contributed by atoms with Crippen LogP contribution >= 0.6 is 0 Å². The van der Waals surface area contributed by atoms with Gasteiger partial charge in [0.2, 0.25) is 5.88 Å². The van der Waals surface area contributed by atoms with Crippen LogP contribution in [-0.4, -0.2) is 71.0 Å². The smallest absolute Gasteiger partial charge is 0.391 e. The quantitative estimate of drug-likeness (QED) is 0.657. The molecule has 190 valence electrons. The molecular weight excluding hydrogens is 467 g/mol. The average Bonchev–Trinajstić information content (AvgIpc) is 2.81. The number of amides is 2. The zero-order valence-electron chi connectivity index (χ0n) is 19.7. The Morgan fingerprint density at radius 1 is 1.06 bits per heavy atom. The largest absolute Gasteiger partial charge is 0.417 e. The number of anilines is 1. The first kappa shape index (κ1) is 26.2. The molecule has 12 heteroatoms. The summed E-state index contributed by atoms with van der Waals surface area (Å²) in [5.41, 5.74) is -1.72. The molecular formula is C23H28F3N5O4. The third-order valence-corrected chi connectivity index (χ3v) is 5.62. The summed E-state index contributed by atoms with van der Waals surface area (Å²) in [6.07, 6.45) is -6.14. The molecule has 1 atom stereocenters. The van der Waals surface area contributed by atoms with E-state index < -0.39 is 35.3 Å². The van der Waals surface area contributed by atoms with E-state index in [2.05, 4.69) is 15.5 Å². The average molecular weight is 496 g/mol. The molecule has 35 heavy (non-hydrogen) atoms. The van der Waals surface area contributed by atoms with E-state index in [9.17, 15) is 27.9 Å². The van der Waals surface area contributed by atoms with Gasteiger partial charge in [-0.1, -0.05) is 32.9 Å². The highest BCUT2D eigenvalue weighted by molar-refractivity contribution is 5.96. The fourth-order valence-corrected chi connectivity index (χ4v) is 3.38. The van der Waals surface area contributed by atoms with Gasteiger partial charge < -0.3 is 25.0 Å². The van der Waals surface area contributed by atoms with E-state index in [-0.39, 0.29) is 31.1 Å². The Morgan fingerprint density at radius 3 is 2.29 bits per heavy atom. The van der Waals surface area contributed by atoms with Crippen molar-refractivity contribution in [2.24, 2.45) is 5.41 Å². The number of nitrogens with one attached hydrogen (secondary N) is 1. The summed E-state index contributed by atoms with van der Waals surface area (Å²) in [6, 6.07) is 7.79. The van der Waals surface area contributed by atoms with E-state index in [0.29, 0.717) is 18.9 Å². The second-order valence-electron chi connectivity index (χ2n) is 9.20. The predicted octanol–water partition coefficient (Wildman–Crippen LogP) is 2.95. The van der Waals surface area contributed by atoms with Crippen molar-refractivity contribution in [2.75, 3.05) is 37.6 Å². The Morgan fingerprint density at radius 2 is 1.71 bits per heavy atom. The van der Waals surface area contributed by atoms with Crippen molar-refractivity contribution in [3.05, 3.63) is 47.5 Å². The Kier molecular flexibility index (Phi) is 7.83. The molecule has 1 fully saturated rings. The second kappa shape index (κ2) is 10.5. The van der Waals surface area contributed by atoms with E-state index in [1.54, 1.807) is 6.07 Å². The molecule has 3 rings (SSSR count). The van der Waals surface area contributed by atoms with Crippen LogP contribution in [0.2, 0.25) is 0 Å². The summed E-state index contributed by atoms with van der Waals surface area (Å²) in [7, 11) is 0. The van der Waals surface area contributed by atoms with Crippen LogP contribution in [0.1, 0.15) is 36.7 Å². The van der Waals surface area contributed by atoms with Gasteiger partial charge in [-0.15, -0.1) is 10.2 Å². The zero-order chi connectivity index (χ0) is 25.8. The Bertz CT molecular complexity index is 1030. The van der Waals surface area contributed by atoms with Crippen molar-refractivity contribution < 1.29 is 32.6 Å². The summed E-state index contributed by atoms with van der Waals surface area (Å²) in [5, 5.41) is 20.3. The molecule has 2 N–H and O–H groups in total. The van der Waals surface area contributed by atoms with Gasteiger partial charge >= 0.3 is 12.3 Å². The fourth-order valence-electron chi connectivity index (χ4n) is 3.38. The Labute approximate surface area is 200 Å².